The molecule has 1 aromatic rings. The lowest BCUT2D eigenvalue weighted by Gasteiger charge is -2.27. The van der Waals surface area contributed by atoms with Crippen LogP contribution in [0.5, 0.6) is 0 Å². The molecule has 1 aromatic carbocycles. The molecule has 2 aliphatic rings. The zero-order valence-corrected chi connectivity index (χ0v) is 17.3. The van der Waals surface area contributed by atoms with Gasteiger partial charge in [0.25, 0.3) is 0 Å². The summed E-state index contributed by atoms with van der Waals surface area (Å²) in [5.74, 6) is -1.23. The van der Waals surface area contributed by atoms with E-state index in [9.17, 15) is 18.0 Å². The van der Waals surface area contributed by atoms with Crippen LogP contribution in [-0.4, -0.2) is 62.4 Å². The van der Waals surface area contributed by atoms with Crippen LogP contribution in [0, 0.1) is 19.8 Å². The second-order valence-electron chi connectivity index (χ2n) is 7.75. The van der Waals surface area contributed by atoms with Crippen molar-refractivity contribution in [2.24, 2.45) is 5.92 Å². The van der Waals surface area contributed by atoms with Crippen molar-refractivity contribution in [3.8, 4) is 0 Å². The summed E-state index contributed by atoms with van der Waals surface area (Å²) in [6.07, 6.45) is 1.99. The predicted molar refractivity (Wildman–Crippen MR) is 107 cm³/mol. The maximum atomic E-state index is 13.0. The molecule has 3 rings (SSSR count). The summed E-state index contributed by atoms with van der Waals surface area (Å²) in [5.41, 5.74) is 2.77. The first-order valence-corrected chi connectivity index (χ1v) is 11.5. The van der Waals surface area contributed by atoms with E-state index in [0.29, 0.717) is 19.6 Å². The van der Waals surface area contributed by atoms with E-state index < -0.39 is 15.8 Å². The molecule has 2 unspecified atom stereocenters. The first-order valence-electron chi connectivity index (χ1n) is 9.72. The molecule has 0 spiro atoms. The monoisotopic (exact) mass is 408 g/mol. The number of benzene rings is 1. The highest BCUT2D eigenvalue weighted by Gasteiger charge is 2.37. The largest absolute Gasteiger partial charge is 0.376 e. The van der Waals surface area contributed by atoms with Gasteiger partial charge in [0.1, 0.15) is 0 Å². The van der Waals surface area contributed by atoms with Gasteiger partial charge in [0.15, 0.2) is 9.84 Å². The molecule has 7 nitrogen and oxygen atoms in total. The Labute approximate surface area is 166 Å². The number of aryl methyl sites for hydroxylation is 1. The molecule has 2 atom stereocenters. The molecule has 2 amide bonds. The molecule has 2 heterocycles. The number of nitrogens with zero attached hydrogens (tertiary/aromatic N) is 1. The van der Waals surface area contributed by atoms with Crippen molar-refractivity contribution in [3.05, 3.63) is 29.3 Å². The van der Waals surface area contributed by atoms with Gasteiger partial charge in [-0.1, -0.05) is 12.1 Å². The van der Waals surface area contributed by atoms with Gasteiger partial charge in [-0.25, -0.2) is 8.42 Å². The zero-order chi connectivity index (χ0) is 20.3. The van der Waals surface area contributed by atoms with Crippen LogP contribution in [0.2, 0.25) is 0 Å². The van der Waals surface area contributed by atoms with Crippen LogP contribution in [-0.2, 0) is 24.2 Å². The molecule has 2 saturated heterocycles. The van der Waals surface area contributed by atoms with Gasteiger partial charge in [0.05, 0.1) is 30.1 Å². The highest BCUT2D eigenvalue weighted by Crippen LogP contribution is 2.23. The standard InChI is InChI=1S/C20H28N2O5S/c1-14-5-3-7-18(15(14)2)21-19(23)12-22(11-17-6-4-9-27-17)20(24)16-8-10-28(25,26)13-16/h3,5,7,16-17H,4,6,8-13H2,1-2H3,(H,21,23). The minimum atomic E-state index is -3.17. The molecule has 2 fully saturated rings. The molecule has 28 heavy (non-hydrogen) atoms. The van der Waals surface area contributed by atoms with Crippen molar-refractivity contribution in [2.75, 3.05) is 36.5 Å². The van der Waals surface area contributed by atoms with Crippen molar-refractivity contribution in [3.63, 3.8) is 0 Å². The summed E-state index contributed by atoms with van der Waals surface area (Å²) >= 11 is 0. The molecule has 0 saturated carbocycles. The lowest BCUT2D eigenvalue weighted by Crippen LogP contribution is -2.45. The topological polar surface area (TPSA) is 92.8 Å². The first kappa shape index (κ1) is 20.8. The van der Waals surface area contributed by atoms with Crippen molar-refractivity contribution < 1.29 is 22.7 Å². The lowest BCUT2D eigenvalue weighted by molar-refractivity contribution is -0.139. The third-order valence-electron chi connectivity index (χ3n) is 5.55. The maximum absolute atomic E-state index is 13.0. The van der Waals surface area contributed by atoms with Crippen molar-refractivity contribution >= 4 is 27.3 Å². The lowest BCUT2D eigenvalue weighted by atomic mass is 10.1. The highest BCUT2D eigenvalue weighted by molar-refractivity contribution is 7.91. The Bertz CT molecular complexity index is 846. The molecule has 154 valence electrons. The average molecular weight is 409 g/mol. The Kier molecular flexibility index (Phi) is 6.40. The van der Waals surface area contributed by atoms with Crippen LogP contribution in [0.15, 0.2) is 18.2 Å². The van der Waals surface area contributed by atoms with Gasteiger partial charge in [0.2, 0.25) is 11.8 Å². The Morgan fingerprint density at radius 2 is 2.04 bits per heavy atom. The number of hydrogen-bond acceptors (Lipinski definition) is 5. The molecular formula is C20H28N2O5S. The van der Waals surface area contributed by atoms with Gasteiger partial charge in [0, 0.05) is 18.8 Å². The van der Waals surface area contributed by atoms with Crippen LogP contribution < -0.4 is 5.32 Å². The van der Waals surface area contributed by atoms with Crippen molar-refractivity contribution in [2.45, 2.75) is 39.2 Å². The summed E-state index contributed by atoms with van der Waals surface area (Å²) in [7, 11) is -3.17. The normalized spacial score (nSPS) is 23.5. The van der Waals surface area contributed by atoms with Gasteiger partial charge in [-0.3, -0.25) is 9.59 Å². The molecule has 1 N–H and O–H groups in total. The van der Waals surface area contributed by atoms with Gasteiger partial charge < -0.3 is 15.0 Å². The molecule has 0 bridgehead atoms. The van der Waals surface area contributed by atoms with Crippen LogP contribution >= 0.6 is 0 Å². The van der Waals surface area contributed by atoms with Crippen LogP contribution in [0.1, 0.15) is 30.4 Å². The number of amides is 2. The Hall–Kier alpha value is -1.93. The number of hydrogen-bond donors (Lipinski definition) is 1. The molecule has 0 aliphatic carbocycles. The molecule has 0 aromatic heterocycles. The summed E-state index contributed by atoms with van der Waals surface area (Å²) in [6.45, 7) is 4.76. The number of anilines is 1. The summed E-state index contributed by atoms with van der Waals surface area (Å²) < 4.78 is 29.2. The quantitative estimate of drug-likeness (QED) is 0.773. The van der Waals surface area contributed by atoms with Crippen LogP contribution in [0.4, 0.5) is 5.69 Å². The SMILES string of the molecule is Cc1cccc(NC(=O)CN(CC2CCCO2)C(=O)C2CCS(=O)(=O)C2)c1C. The second kappa shape index (κ2) is 8.61. The van der Waals surface area contributed by atoms with E-state index in [4.69, 9.17) is 4.74 Å². The smallest absolute Gasteiger partial charge is 0.244 e. The van der Waals surface area contributed by atoms with E-state index in [1.54, 1.807) is 0 Å². The molecular weight excluding hydrogens is 380 g/mol. The van der Waals surface area contributed by atoms with Crippen LogP contribution in [0.3, 0.4) is 0 Å². The summed E-state index contributed by atoms with van der Waals surface area (Å²) in [6, 6.07) is 5.67. The minimum Gasteiger partial charge on any atom is -0.376 e. The summed E-state index contributed by atoms with van der Waals surface area (Å²) in [4.78, 5) is 27.1. The minimum absolute atomic E-state index is 0.0336. The Morgan fingerprint density at radius 3 is 2.68 bits per heavy atom. The number of rotatable bonds is 6. The maximum Gasteiger partial charge on any atom is 0.244 e. The third kappa shape index (κ3) is 5.11. The van der Waals surface area contributed by atoms with Crippen molar-refractivity contribution in [1.29, 1.82) is 0 Å². The highest BCUT2D eigenvalue weighted by atomic mass is 32.2. The Morgan fingerprint density at radius 1 is 1.25 bits per heavy atom. The van der Waals surface area contributed by atoms with E-state index in [1.165, 1.54) is 4.90 Å². The van der Waals surface area contributed by atoms with Gasteiger partial charge in [-0.2, -0.15) is 0 Å². The van der Waals surface area contributed by atoms with E-state index >= 15 is 0 Å². The molecule has 2 aliphatic heterocycles. The fraction of sp³-hybridized carbons (Fsp3) is 0.600. The molecule has 0 radical (unpaired) electrons. The first-order chi connectivity index (χ1) is 13.2. The van der Waals surface area contributed by atoms with Gasteiger partial charge in [-0.15, -0.1) is 0 Å². The fourth-order valence-corrected chi connectivity index (χ4v) is 5.50. The predicted octanol–water partition coefficient (Wildman–Crippen LogP) is 1.68. The van der Waals surface area contributed by atoms with Crippen molar-refractivity contribution in [1.82, 2.24) is 4.90 Å². The fourth-order valence-electron chi connectivity index (χ4n) is 3.76. The number of carbonyl (C=O) groups is 2. The van der Waals surface area contributed by atoms with Crippen LogP contribution in [0.25, 0.3) is 0 Å². The van der Waals surface area contributed by atoms with E-state index in [-0.39, 0.29) is 36.0 Å². The summed E-state index contributed by atoms with van der Waals surface area (Å²) in [5, 5.41) is 2.88. The molecule has 8 heteroatoms. The van der Waals surface area contributed by atoms with E-state index in [1.807, 2.05) is 32.0 Å². The second-order valence-corrected chi connectivity index (χ2v) is 9.98. The van der Waals surface area contributed by atoms with Gasteiger partial charge >= 0.3 is 0 Å². The zero-order valence-electron chi connectivity index (χ0n) is 16.4. The third-order valence-corrected chi connectivity index (χ3v) is 7.32. The number of ether oxygens (including phenoxy) is 1. The van der Waals surface area contributed by atoms with E-state index in [0.717, 1.165) is 29.7 Å². The number of carbonyl (C=O) groups excluding carboxylic acids is 2. The van der Waals surface area contributed by atoms with Gasteiger partial charge in [-0.05, 0) is 50.3 Å². The number of sulfone groups is 1. The number of nitrogens with one attached hydrogen (secondary N) is 1. The van der Waals surface area contributed by atoms with E-state index in [2.05, 4.69) is 5.32 Å². The average Bonchev–Trinajstić information content (AvgIpc) is 3.27. The Balaban J connectivity index is 1.70.